The van der Waals surface area contributed by atoms with Gasteiger partial charge in [-0.3, -0.25) is 9.69 Å². The highest BCUT2D eigenvalue weighted by atomic mass is 32.1. The topological polar surface area (TPSA) is 23.6 Å². The van der Waals surface area contributed by atoms with E-state index in [0.29, 0.717) is 6.54 Å². The monoisotopic (exact) mass is 294 g/mol. The maximum atomic E-state index is 12.2. The van der Waals surface area contributed by atoms with Crippen LogP contribution in [0.1, 0.15) is 34.3 Å². The van der Waals surface area contributed by atoms with E-state index in [2.05, 4.69) is 36.9 Å². The zero-order chi connectivity index (χ0) is 14.5. The summed E-state index contributed by atoms with van der Waals surface area (Å²) in [6, 6.07) is 4.06. The van der Waals surface area contributed by atoms with Gasteiger partial charge in [0.2, 0.25) is 0 Å². The van der Waals surface area contributed by atoms with E-state index in [-0.39, 0.29) is 5.78 Å². The summed E-state index contributed by atoms with van der Waals surface area (Å²) in [5.41, 5.74) is 0. The molecule has 2 rings (SSSR count). The maximum absolute atomic E-state index is 12.2. The molecular formula is C16H26N2OS. The summed E-state index contributed by atoms with van der Waals surface area (Å²) in [5.74, 6) is 1.02. The summed E-state index contributed by atoms with van der Waals surface area (Å²) in [5, 5.41) is 0. The van der Waals surface area contributed by atoms with Crippen molar-refractivity contribution in [1.29, 1.82) is 0 Å². The van der Waals surface area contributed by atoms with Crippen LogP contribution in [-0.2, 0) is 6.42 Å². The number of ketones is 1. The molecule has 1 aromatic heterocycles. The molecule has 0 aliphatic carbocycles. The molecule has 0 atom stereocenters. The molecule has 0 bridgehead atoms. The Morgan fingerprint density at radius 1 is 1.40 bits per heavy atom. The minimum Gasteiger partial charge on any atom is -0.306 e. The quantitative estimate of drug-likeness (QED) is 0.754. The summed E-state index contributed by atoms with van der Waals surface area (Å²) in [7, 11) is 4.26. The lowest BCUT2D eigenvalue weighted by Crippen LogP contribution is -2.37. The van der Waals surface area contributed by atoms with E-state index in [4.69, 9.17) is 0 Å². The second kappa shape index (κ2) is 7.34. The lowest BCUT2D eigenvalue weighted by atomic mass is 9.96. The van der Waals surface area contributed by atoms with E-state index in [1.165, 1.54) is 30.8 Å². The number of likely N-dealkylation sites (N-methyl/N-ethyl adjacent to an activating group) is 1. The standard InChI is InChI=1S/C16H26N2OS/c1-4-14-5-6-16(20-14)15(19)12-18(3)11-13-7-9-17(2)10-8-13/h5-6,13H,4,7-12H2,1-3H3. The number of hydrogen-bond donors (Lipinski definition) is 0. The molecular weight excluding hydrogens is 268 g/mol. The normalized spacial score (nSPS) is 17.8. The smallest absolute Gasteiger partial charge is 0.186 e. The van der Waals surface area contributed by atoms with Gasteiger partial charge in [-0.1, -0.05) is 6.92 Å². The largest absolute Gasteiger partial charge is 0.306 e. The van der Waals surface area contributed by atoms with Crippen LogP contribution in [0.2, 0.25) is 0 Å². The molecule has 1 aromatic rings. The maximum Gasteiger partial charge on any atom is 0.186 e. The summed E-state index contributed by atoms with van der Waals surface area (Å²) in [6.07, 6.45) is 3.53. The van der Waals surface area contributed by atoms with Crippen LogP contribution >= 0.6 is 11.3 Å². The molecule has 3 nitrogen and oxygen atoms in total. The molecule has 0 amide bonds. The van der Waals surface area contributed by atoms with Crippen molar-refractivity contribution in [3.8, 4) is 0 Å². The van der Waals surface area contributed by atoms with Crippen molar-refractivity contribution in [3.05, 3.63) is 21.9 Å². The second-order valence-corrected chi connectivity index (χ2v) is 7.15. The van der Waals surface area contributed by atoms with Gasteiger partial charge in [0, 0.05) is 11.4 Å². The lowest BCUT2D eigenvalue weighted by Gasteiger charge is -2.31. The fourth-order valence-electron chi connectivity index (χ4n) is 2.79. The first-order valence-corrected chi connectivity index (χ1v) is 8.39. The van der Waals surface area contributed by atoms with Crippen LogP contribution in [0.15, 0.2) is 12.1 Å². The third-order valence-corrected chi connectivity index (χ3v) is 5.38. The minimum absolute atomic E-state index is 0.269. The number of rotatable bonds is 6. The molecule has 0 spiro atoms. The minimum atomic E-state index is 0.269. The molecule has 20 heavy (non-hydrogen) atoms. The van der Waals surface area contributed by atoms with E-state index in [0.717, 1.165) is 23.8 Å². The highest BCUT2D eigenvalue weighted by molar-refractivity contribution is 7.14. The first kappa shape index (κ1) is 15.7. The molecule has 0 aromatic carbocycles. The van der Waals surface area contributed by atoms with E-state index < -0.39 is 0 Å². The molecule has 0 N–H and O–H groups in total. The number of likely N-dealkylation sites (tertiary alicyclic amines) is 1. The third-order valence-electron chi connectivity index (χ3n) is 4.11. The Kier molecular flexibility index (Phi) is 5.75. The number of nitrogens with zero attached hydrogens (tertiary/aromatic N) is 2. The molecule has 1 aliphatic heterocycles. The van der Waals surface area contributed by atoms with Crippen LogP contribution in [0, 0.1) is 5.92 Å². The molecule has 0 unspecified atom stereocenters. The summed E-state index contributed by atoms with van der Waals surface area (Å²) >= 11 is 1.65. The lowest BCUT2D eigenvalue weighted by molar-refractivity contribution is 0.0928. The van der Waals surface area contributed by atoms with Gasteiger partial charge in [0.05, 0.1) is 11.4 Å². The molecule has 4 heteroatoms. The van der Waals surface area contributed by atoms with Crippen LogP contribution in [0.25, 0.3) is 0 Å². The fraction of sp³-hybridized carbons (Fsp3) is 0.688. The van der Waals surface area contributed by atoms with Gasteiger partial charge in [-0.15, -0.1) is 11.3 Å². The molecule has 1 fully saturated rings. The van der Waals surface area contributed by atoms with E-state index in [1.54, 1.807) is 11.3 Å². The van der Waals surface area contributed by atoms with Crippen molar-refractivity contribution in [2.24, 2.45) is 5.92 Å². The van der Waals surface area contributed by atoms with Gasteiger partial charge in [-0.2, -0.15) is 0 Å². The molecule has 0 radical (unpaired) electrons. The van der Waals surface area contributed by atoms with Crippen LogP contribution < -0.4 is 0 Å². The third kappa shape index (κ3) is 4.40. The second-order valence-electron chi connectivity index (χ2n) is 5.99. The van der Waals surface area contributed by atoms with Gasteiger partial charge in [0.15, 0.2) is 5.78 Å². The fourth-order valence-corrected chi connectivity index (χ4v) is 3.67. The molecule has 2 heterocycles. The SMILES string of the molecule is CCc1ccc(C(=O)CN(C)CC2CCN(C)CC2)s1. The number of Topliss-reactive ketones (excluding diaryl/α,β-unsaturated/α-hetero) is 1. The molecule has 112 valence electrons. The Balaban J connectivity index is 1.78. The van der Waals surface area contributed by atoms with Crippen LogP contribution in [-0.4, -0.2) is 55.9 Å². The van der Waals surface area contributed by atoms with Gasteiger partial charge < -0.3 is 4.90 Å². The van der Waals surface area contributed by atoms with Crippen molar-refractivity contribution in [1.82, 2.24) is 9.80 Å². The van der Waals surface area contributed by atoms with Crippen molar-refractivity contribution < 1.29 is 4.79 Å². The Hall–Kier alpha value is -0.710. The van der Waals surface area contributed by atoms with Crippen LogP contribution in [0.4, 0.5) is 0 Å². The van der Waals surface area contributed by atoms with Crippen molar-refractivity contribution in [2.75, 3.05) is 40.3 Å². The molecule has 1 aliphatic rings. The number of carbonyl (C=O) groups excluding carboxylic acids is 1. The van der Waals surface area contributed by atoms with Gasteiger partial charge in [-0.25, -0.2) is 0 Å². The Morgan fingerprint density at radius 2 is 2.10 bits per heavy atom. The Morgan fingerprint density at radius 3 is 2.70 bits per heavy atom. The van der Waals surface area contributed by atoms with Crippen LogP contribution in [0.3, 0.4) is 0 Å². The number of carbonyl (C=O) groups is 1. The van der Waals surface area contributed by atoms with E-state index in [1.807, 2.05) is 6.07 Å². The van der Waals surface area contributed by atoms with Gasteiger partial charge in [-0.05, 0) is 64.5 Å². The molecule has 1 saturated heterocycles. The van der Waals surface area contributed by atoms with Gasteiger partial charge in [0.25, 0.3) is 0 Å². The zero-order valence-electron chi connectivity index (χ0n) is 12.9. The van der Waals surface area contributed by atoms with E-state index in [9.17, 15) is 4.79 Å². The number of hydrogen-bond acceptors (Lipinski definition) is 4. The predicted molar refractivity (Wildman–Crippen MR) is 85.7 cm³/mol. The average molecular weight is 294 g/mol. The number of aryl methyl sites for hydroxylation is 1. The first-order chi connectivity index (χ1) is 9.58. The average Bonchev–Trinajstić information content (AvgIpc) is 2.90. The van der Waals surface area contributed by atoms with E-state index >= 15 is 0 Å². The Labute approximate surface area is 126 Å². The number of thiophene rings is 1. The number of piperidine rings is 1. The van der Waals surface area contributed by atoms with Crippen molar-refractivity contribution in [3.63, 3.8) is 0 Å². The highest BCUT2D eigenvalue weighted by Gasteiger charge is 2.19. The van der Waals surface area contributed by atoms with Gasteiger partial charge >= 0.3 is 0 Å². The zero-order valence-corrected chi connectivity index (χ0v) is 13.7. The summed E-state index contributed by atoms with van der Waals surface area (Å²) < 4.78 is 0. The summed E-state index contributed by atoms with van der Waals surface area (Å²) in [6.45, 7) is 6.11. The Bertz CT molecular complexity index is 435. The van der Waals surface area contributed by atoms with Crippen molar-refractivity contribution >= 4 is 17.1 Å². The first-order valence-electron chi connectivity index (χ1n) is 7.57. The molecule has 0 saturated carbocycles. The predicted octanol–water partition coefficient (Wildman–Crippen LogP) is 2.77. The van der Waals surface area contributed by atoms with Gasteiger partial charge in [0.1, 0.15) is 0 Å². The summed E-state index contributed by atoms with van der Waals surface area (Å²) in [4.78, 5) is 19.0. The van der Waals surface area contributed by atoms with Crippen LogP contribution in [0.5, 0.6) is 0 Å². The highest BCUT2D eigenvalue weighted by Crippen LogP contribution is 2.19. The van der Waals surface area contributed by atoms with Crippen molar-refractivity contribution in [2.45, 2.75) is 26.2 Å².